The SMILES string of the molecule is CCOCC.O=C(O)CN(CCN(CC(=O)O)CC(=O)O)CC(=O)O. The highest BCUT2D eigenvalue weighted by atomic mass is 16.5. The van der Waals surface area contributed by atoms with E-state index in [9.17, 15) is 19.2 Å². The average Bonchev–Trinajstić information content (AvgIpc) is 2.43. The molecule has 146 valence electrons. The van der Waals surface area contributed by atoms with Crippen molar-refractivity contribution in [3.8, 4) is 0 Å². The van der Waals surface area contributed by atoms with Crippen LogP contribution in [0.25, 0.3) is 0 Å². The lowest BCUT2D eigenvalue weighted by Crippen LogP contribution is -2.43. The summed E-state index contributed by atoms with van der Waals surface area (Å²) < 4.78 is 4.83. The Labute approximate surface area is 145 Å². The zero-order chi connectivity index (χ0) is 19.8. The van der Waals surface area contributed by atoms with E-state index in [-0.39, 0.29) is 13.1 Å². The summed E-state index contributed by atoms with van der Waals surface area (Å²) in [6.07, 6.45) is 0. The van der Waals surface area contributed by atoms with Crippen molar-refractivity contribution in [1.82, 2.24) is 9.80 Å². The molecule has 0 spiro atoms. The number of ether oxygens (including phenoxy) is 1. The summed E-state index contributed by atoms with van der Waals surface area (Å²) in [4.78, 5) is 44.4. The average molecular weight is 366 g/mol. The van der Waals surface area contributed by atoms with Gasteiger partial charge in [-0.3, -0.25) is 29.0 Å². The number of hydrogen-bond donors (Lipinski definition) is 4. The number of rotatable bonds is 13. The molecule has 11 heteroatoms. The van der Waals surface area contributed by atoms with Crippen LogP contribution in [0.4, 0.5) is 0 Å². The molecule has 4 N–H and O–H groups in total. The van der Waals surface area contributed by atoms with Gasteiger partial charge in [0.25, 0.3) is 0 Å². The Balaban J connectivity index is 0. The van der Waals surface area contributed by atoms with Gasteiger partial charge in [-0.15, -0.1) is 0 Å². The van der Waals surface area contributed by atoms with Gasteiger partial charge in [-0.05, 0) is 13.8 Å². The van der Waals surface area contributed by atoms with E-state index in [2.05, 4.69) is 0 Å². The third-order valence-corrected chi connectivity index (χ3v) is 2.58. The van der Waals surface area contributed by atoms with E-state index in [4.69, 9.17) is 25.2 Å². The van der Waals surface area contributed by atoms with Crippen molar-refractivity contribution in [3.05, 3.63) is 0 Å². The molecule has 0 atom stereocenters. The summed E-state index contributed by atoms with van der Waals surface area (Å²) in [5.74, 6) is -4.91. The predicted molar refractivity (Wildman–Crippen MR) is 85.6 cm³/mol. The molecule has 11 nitrogen and oxygen atoms in total. The monoisotopic (exact) mass is 366 g/mol. The second-order valence-corrected chi connectivity index (χ2v) is 4.78. The number of carboxylic acid groups (broad SMARTS) is 4. The quantitative estimate of drug-likeness (QED) is 0.315. The first-order valence-corrected chi connectivity index (χ1v) is 7.51. The van der Waals surface area contributed by atoms with Gasteiger partial charge in [0.1, 0.15) is 0 Å². The fourth-order valence-corrected chi connectivity index (χ4v) is 1.68. The van der Waals surface area contributed by atoms with E-state index in [0.717, 1.165) is 23.0 Å². The lowest BCUT2D eigenvalue weighted by atomic mass is 10.4. The molecule has 0 aliphatic carbocycles. The highest BCUT2D eigenvalue weighted by Gasteiger charge is 2.17. The molecule has 25 heavy (non-hydrogen) atoms. The van der Waals surface area contributed by atoms with Crippen LogP contribution >= 0.6 is 0 Å². The maximum atomic E-state index is 10.6. The van der Waals surface area contributed by atoms with E-state index < -0.39 is 50.1 Å². The zero-order valence-electron chi connectivity index (χ0n) is 14.4. The van der Waals surface area contributed by atoms with E-state index >= 15 is 0 Å². The van der Waals surface area contributed by atoms with Gasteiger partial charge in [-0.1, -0.05) is 0 Å². The van der Waals surface area contributed by atoms with Crippen molar-refractivity contribution in [2.24, 2.45) is 0 Å². The molecule has 0 aliphatic heterocycles. The van der Waals surface area contributed by atoms with Crippen LogP contribution in [0.3, 0.4) is 0 Å². The Kier molecular flexibility index (Phi) is 15.3. The standard InChI is InChI=1S/C10H16N2O8.C4H10O/c13-7(14)3-11(4-8(15)16)1-2-12(5-9(17)18)6-10(19)20;1-3-5-4-2/h1-6H2,(H,13,14)(H,15,16)(H,17,18)(H,19,20);3-4H2,1-2H3. The number of carbonyl (C=O) groups is 4. The molecule has 0 rings (SSSR count). The van der Waals surface area contributed by atoms with Crippen molar-refractivity contribution in [3.63, 3.8) is 0 Å². The molecule has 0 heterocycles. The van der Waals surface area contributed by atoms with Crippen molar-refractivity contribution in [2.75, 3.05) is 52.5 Å². The maximum absolute atomic E-state index is 10.6. The van der Waals surface area contributed by atoms with Crippen LogP contribution in [-0.4, -0.2) is 107 Å². The molecule has 0 aliphatic rings. The Morgan fingerprint density at radius 1 is 0.640 bits per heavy atom. The van der Waals surface area contributed by atoms with Crippen LogP contribution in [0, 0.1) is 0 Å². The van der Waals surface area contributed by atoms with Crippen molar-refractivity contribution in [1.29, 1.82) is 0 Å². The first-order chi connectivity index (χ1) is 11.6. The van der Waals surface area contributed by atoms with Crippen LogP contribution in [-0.2, 0) is 23.9 Å². The Hall–Kier alpha value is -2.24. The maximum Gasteiger partial charge on any atom is 0.317 e. The highest BCUT2D eigenvalue weighted by Crippen LogP contribution is 1.94. The molecule has 0 aromatic heterocycles. The molecule has 0 fully saturated rings. The molecular formula is C14H26N2O9. The number of hydrogen-bond acceptors (Lipinski definition) is 7. The van der Waals surface area contributed by atoms with Crippen molar-refractivity contribution in [2.45, 2.75) is 13.8 Å². The molecule has 0 aromatic rings. The minimum Gasteiger partial charge on any atom is -0.480 e. The third-order valence-electron chi connectivity index (χ3n) is 2.58. The minimum atomic E-state index is -1.23. The summed E-state index contributed by atoms with van der Waals surface area (Å²) in [6, 6.07) is 0. The predicted octanol–water partition coefficient (Wildman–Crippen LogP) is -1.03. The fraction of sp³-hybridized carbons (Fsp3) is 0.714. The van der Waals surface area contributed by atoms with Gasteiger partial charge in [-0.2, -0.15) is 0 Å². The van der Waals surface area contributed by atoms with Crippen molar-refractivity contribution < 1.29 is 44.3 Å². The molecule has 0 amide bonds. The summed E-state index contributed by atoms with van der Waals surface area (Å²) in [5, 5.41) is 34.5. The van der Waals surface area contributed by atoms with Gasteiger partial charge in [0.15, 0.2) is 0 Å². The lowest BCUT2D eigenvalue weighted by Gasteiger charge is -2.23. The van der Waals surface area contributed by atoms with Crippen molar-refractivity contribution >= 4 is 23.9 Å². The van der Waals surface area contributed by atoms with E-state index in [1.807, 2.05) is 13.8 Å². The van der Waals surface area contributed by atoms with Crippen LogP contribution < -0.4 is 0 Å². The zero-order valence-corrected chi connectivity index (χ0v) is 14.4. The Morgan fingerprint density at radius 2 is 0.880 bits per heavy atom. The summed E-state index contributed by atoms with van der Waals surface area (Å²) in [7, 11) is 0. The molecule has 0 saturated carbocycles. The normalized spacial score (nSPS) is 10.2. The Morgan fingerprint density at radius 3 is 1.00 bits per heavy atom. The minimum absolute atomic E-state index is 0.0703. The first kappa shape index (κ1) is 25.0. The molecule has 0 unspecified atom stereocenters. The van der Waals surface area contributed by atoms with Crippen LogP contribution in [0.5, 0.6) is 0 Å². The Bertz CT molecular complexity index is 359. The van der Waals surface area contributed by atoms with Crippen LogP contribution in [0.15, 0.2) is 0 Å². The van der Waals surface area contributed by atoms with Crippen LogP contribution in [0.2, 0.25) is 0 Å². The smallest absolute Gasteiger partial charge is 0.317 e. The number of aliphatic carboxylic acids is 4. The molecular weight excluding hydrogens is 340 g/mol. The van der Waals surface area contributed by atoms with E-state index in [1.54, 1.807) is 0 Å². The summed E-state index contributed by atoms with van der Waals surface area (Å²) in [5.41, 5.74) is 0. The van der Waals surface area contributed by atoms with Gasteiger partial charge in [-0.25, -0.2) is 0 Å². The van der Waals surface area contributed by atoms with E-state index in [1.165, 1.54) is 0 Å². The second kappa shape index (κ2) is 15.3. The number of carboxylic acids is 4. The second-order valence-electron chi connectivity index (χ2n) is 4.78. The molecule has 0 aromatic carbocycles. The topological polar surface area (TPSA) is 165 Å². The van der Waals surface area contributed by atoms with Gasteiger partial charge in [0.05, 0.1) is 26.2 Å². The van der Waals surface area contributed by atoms with E-state index in [0.29, 0.717) is 0 Å². The first-order valence-electron chi connectivity index (χ1n) is 7.51. The lowest BCUT2D eigenvalue weighted by molar-refractivity contribution is -0.145. The summed E-state index contributed by atoms with van der Waals surface area (Å²) >= 11 is 0. The molecule has 0 radical (unpaired) electrons. The van der Waals surface area contributed by atoms with Gasteiger partial charge < -0.3 is 25.2 Å². The fourth-order valence-electron chi connectivity index (χ4n) is 1.68. The number of nitrogens with zero attached hydrogens (tertiary/aromatic N) is 2. The van der Waals surface area contributed by atoms with Gasteiger partial charge in [0, 0.05) is 26.3 Å². The van der Waals surface area contributed by atoms with Crippen LogP contribution in [0.1, 0.15) is 13.8 Å². The third kappa shape index (κ3) is 19.7. The summed E-state index contributed by atoms with van der Waals surface area (Å²) in [6.45, 7) is 3.42. The highest BCUT2D eigenvalue weighted by molar-refractivity contribution is 5.73. The largest absolute Gasteiger partial charge is 0.480 e. The van der Waals surface area contributed by atoms with Gasteiger partial charge >= 0.3 is 23.9 Å². The van der Waals surface area contributed by atoms with Gasteiger partial charge in [0.2, 0.25) is 0 Å². The molecule has 0 saturated heterocycles. The molecule has 0 bridgehead atoms.